The lowest BCUT2D eigenvalue weighted by molar-refractivity contribution is 0.171. The molecule has 0 aromatic heterocycles. The summed E-state index contributed by atoms with van der Waals surface area (Å²) in [6.07, 6.45) is 1.75. The monoisotopic (exact) mass is 294 g/mol. The first-order valence-corrected chi connectivity index (χ1v) is 7.57. The highest BCUT2D eigenvalue weighted by atomic mass is 16.5. The molecule has 0 radical (unpaired) electrons. The molecule has 21 heavy (non-hydrogen) atoms. The Balaban J connectivity index is 3.13. The van der Waals surface area contributed by atoms with Crippen molar-refractivity contribution in [2.75, 3.05) is 27.4 Å². The van der Waals surface area contributed by atoms with Crippen LogP contribution in [0.5, 0.6) is 5.75 Å². The van der Waals surface area contributed by atoms with Gasteiger partial charge in [-0.3, -0.25) is 0 Å². The minimum Gasteiger partial charge on any atom is -0.507 e. The maximum Gasteiger partial charge on any atom is 0.123 e. The fourth-order valence-corrected chi connectivity index (χ4v) is 2.62. The molecule has 1 aromatic carbocycles. The van der Waals surface area contributed by atoms with Gasteiger partial charge < -0.3 is 14.6 Å². The molecule has 3 heteroatoms. The van der Waals surface area contributed by atoms with Crippen molar-refractivity contribution in [3.05, 3.63) is 29.3 Å². The number of aromatic hydroxyl groups is 1. The smallest absolute Gasteiger partial charge is 0.123 e. The molecule has 0 bridgehead atoms. The van der Waals surface area contributed by atoms with Gasteiger partial charge in [0.1, 0.15) is 5.75 Å². The van der Waals surface area contributed by atoms with Gasteiger partial charge in [-0.05, 0) is 34.8 Å². The zero-order chi connectivity index (χ0) is 16.1. The summed E-state index contributed by atoms with van der Waals surface area (Å²) in [5.74, 6) is 0.416. The second-order valence-corrected chi connectivity index (χ2v) is 6.96. The van der Waals surface area contributed by atoms with E-state index in [4.69, 9.17) is 9.47 Å². The predicted molar refractivity (Wildman–Crippen MR) is 87.1 cm³/mol. The van der Waals surface area contributed by atoms with Crippen molar-refractivity contribution in [2.24, 2.45) is 0 Å². The first-order valence-electron chi connectivity index (χ1n) is 7.57. The van der Waals surface area contributed by atoms with Crippen molar-refractivity contribution >= 4 is 0 Å². The molecule has 120 valence electrons. The lowest BCUT2D eigenvalue weighted by Gasteiger charge is -2.31. The van der Waals surface area contributed by atoms with E-state index in [-0.39, 0.29) is 10.8 Å². The van der Waals surface area contributed by atoms with Crippen molar-refractivity contribution in [3.8, 4) is 5.75 Å². The van der Waals surface area contributed by atoms with E-state index in [9.17, 15) is 5.11 Å². The molecule has 1 N–H and O–H groups in total. The quantitative estimate of drug-likeness (QED) is 0.787. The van der Waals surface area contributed by atoms with Gasteiger partial charge in [-0.15, -0.1) is 0 Å². The number of phenolic OH excluding ortho intramolecular Hbond substituents is 1. The van der Waals surface area contributed by atoms with Crippen LogP contribution in [0.4, 0.5) is 0 Å². The molecule has 0 saturated heterocycles. The lowest BCUT2D eigenvalue weighted by atomic mass is 9.75. The van der Waals surface area contributed by atoms with E-state index in [2.05, 4.69) is 27.7 Å². The van der Waals surface area contributed by atoms with Gasteiger partial charge >= 0.3 is 0 Å². The molecule has 0 unspecified atom stereocenters. The maximum atomic E-state index is 10.8. The molecular formula is C18H30O3. The van der Waals surface area contributed by atoms with E-state index in [1.54, 1.807) is 14.2 Å². The van der Waals surface area contributed by atoms with E-state index in [0.717, 1.165) is 24.0 Å². The number of methoxy groups -OCH3 is 2. The first-order chi connectivity index (χ1) is 9.76. The summed E-state index contributed by atoms with van der Waals surface area (Å²) in [7, 11) is 3.42. The van der Waals surface area contributed by atoms with Crippen LogP contribution in [0.3, 0.4) is 0 Å². The standard InChI is InChI=1S/C18H30O3/c1-17(2,10-12-20-5)14-8-7-9-15(16(14)19)18(3,4)11-13-21-6/h7-9,19H,10-13H2,1-6H3. The Morgan fingerprint density at radius 3 is 1.57 bits per heavy atom. The second kappa shape index (κ2) is 7.28. The van der Waals surface area contributed by atoms with Crippen LogP contribution in [0.15, 0.2) is 18.2 Å². The Kier molecular flexibility index (Phi) is 6.24. The Morgan fingerprint density at radius 1 is 0.857 bits per heavy atom. The van der Waals surface area contributed by atoms with Gasteiger partial charge in [0, 0.05) is 27.4 Å². The summed E-state index contributed by atoms with van der Waals surface area (Å²) in [6, 6.07) is 6.06. The van der Waals surface area contributed by atoms with Crippen LogP contribution in [-0.4, -0.2) is 32.5 Å². The predicted octanol–water partition coefficient (Wildman–Crippen LogP) is 4.02. The molecule has 0 aliphatic heterocycles. The number of phenols is 1. The average molecular weight is 294 g/mol. The van der Waals surface area contributed by atoms with Crippen molar-refractivity contribution in [1.82, 2.24) is 0 Å². The van der Waals surface area contributed by atoms with Crippen molar-refractivity contribution < 1.29 is 14.6 Å². The topological polar surface area (TPSA) is 38.7 Å². The third-order valence-electron chi connectivity index (χ3n) is 4.36. The summed E-state index contributed by atoms with van der Waals surface area (Å²) >= 11 is 0. The van der Waals surface area contributed by atoms with Crippen molar-refractivity contribution in [3.63, 3.8) is 0 Å². The third-order valence-corrected chi connectivity index (χ3v) is 4.36. The number of ether oxygens (including phenoxy) is 2. The van der Waals surface area contributed by atoms with Gasteiger partial charge in [0.15, 0.2) is 0 Å². The first kappa shape index (κ1) is 18.0. The summed E-state index contributed by atoms with van der Waals surface area (Å²) in [4.78, 5) is 0. The summed E-state index contributed by atoms with van der Waals surface area (Å²) < 4.78 is 10.4. The molecule has 0 aliphatic rings. The molecule has 1 aromatic rings. The zero-order valence-corrected chi connectivity index (χ0v) is 14.3. The van der Waals surface area contributed by atoms with Crippen LogP contribution in [0.1, 0.15) is 51.7 Å². The Hall–Kier alpha value is -1.06. The Labute approximate surface area is 129 Å². The average Bonchev–Trinajstić information content (AvgIpc) is 2.43. The van der Waals surface area contributed by atoms with Crippen molar-refractivity contribution in [1.29, 1.82) is 0 Å². The SMILES string of the molecule is COCCC(C)(C)c1cccc(C(C)(C)CCOC)c1O. The van der Waals surface area contributed by atoms with Gasteiger partial charge in [0.25, 0.3) is 0 Å². The number of hydrogen-bond acceptors (Lipinski definition) is 3. The van der Waals surface area contributed by atoms with Crippen LogP contribution < -0.4 is 0 Å². The molecule has 0 heterocycles. The third kappa shape index (κ3) is 4.45. The molecule has 0 amide bonds. The van der Waals surface area contributed by atoms with Gasteiger partial charge in [-0.2, -0.15) is 0 Å². The van der Waals surface area contributed by atoms with Crippen molar-refractivity contribution in [2.45, 2.75) is 51.4 Å². The largest absolute Gasteiger partial charge is 0.507 e. The normalized spacial score (nSPS) is 12.7. The Bertz CT molecular complexity index is 412. The molecule has 1 rings (SSSR count). The summed E-state index contributed by atoms with van der Waals surface area (Å²) in [5.41, 5.74) is 1.74. The van der Waals surface area contributed by atoms with E-state index in [1.807, 2.05) is 18.2 Å². The van der Waals surface area contributed by atoms with Crippen LogP contribution in [-0.2, 0) is 20.3 Å². The summed E-state index contributed by atoms with van der Waals surface area (Å²) in [6.45, 7) is 9.95. The van der Waals surface area contributed by atoms with Crippen LogP contribution in [0.25, 0.3) is 0 Å². The highest BCUT2D eigenvalue weighted by molar-refractivity contribution is 5.47. The molecular weight excluding hydrogens is 264 g/mol. The van der Waals surface area contributed by atoms with Gasteiger partial charge in [-0.1, -0.05) is 45.9 Å². The highest BCUT2D eigenvalue weighted by Gasteiger charge is 2.29. The minimum atomic E-state index is -0.118. The number of rotatable bonds is 8. The molecule has 0 aliphatic carbocycles. The highest BCUT2D eigenvalue weighted by Crippen LogP contribution is 2.41. The van der Waals surface area contributed by atoms with E-state index < -0.39 is 0 Å². The number of para-hydroxylation sites is 1. The summed E-state index contributed by atoms with van der Waals surface area (Å²) in [5, 5.41) is 10.8. The van der Waals surface area contributed by atoms with E-state index in [1.165, 1.54) is 0 Å². The Morgan fingerprint density at radius 2 is 1.24 bits per heavy atom. The molecule has 0 spiro atoms. The van der Waals surface area contributed by atoms with Gasteiger partial charge in [0.2, 0.25) is 0 Å². The van der Waals surface area contributed by atoms with Crippen LogP contribution in [0, 0.1) is 0 Å². The minimum absolute atomic E-state index is 0.118. The number of benzene rings is 1. The second-order valence-electron chi connectivity index (χ2n) is 6.96. The molecule has 0 saturated carbocycles. The molecule has 0 fully saturated rings. The molecule has 3 nitrogen and oxygen atoms in total. The van der Waals surface area contributed by atoms with Crippen LogP contribution in [0.2, 0.25) is 0 Å². The maximum absolute atomic E-state index is 10.8. The fourth-order valence-electron chi connectivity index (χ4n) is 2.62. The van der Waals surface area contributed by atoms with E-state index in [0.29, 0.717) is 19.0 Å². The fraction of sp³-hybridized carbons (Fsp3) is 0.667. The zero-order valence-electron chi connectivity index (χ0n) is 14.3. The van der Waals surface area contributed by atoms with Gasteiger partial charge in [0.05, 0.1) is 0 Å². The van der Waals surface area contributed by atoms with Crippen LogP contribution >= 0.6 is 0 Å². The lowest BCUT2D eigenvalue weighted by Crippen LogP contribution is -2.23. The van der Waals surface area contributed by atoms with E-state index >= 15 is 0 Å². The number of hydrogen-bond donors (Lipinski definition) is 1. The molecule has 0 atom stereocenters. The van der Waals surface area contributed by atoms with Gasteiger partial charge in [-0.25, -0.2) is 0 Å².